The maximum atomic E-state index is 12.8. The summed E-state index contributed by atoms with van der Waals surface area (Å²) in [4.78, 5) is 38.1. The van der Waals surface area contributed by atoms with E-state index in [2.05, 4.69) is 5.32 Å². The fraction of sp³-hybridized carbons (Fsp3) is 0.105. The number of hydrogen-bond donors (Lipinski definition) is 1. The van der Waals surface area contributed by atoms with E-state index < -0.39 is 17.8 Å². The zero-order valence-electron chi connectivity index (χ0n) is 13.7. The molecule has 3 rings (SSSR count). The maximum Gasteiger partial charge on any atom is 0.335 e. The van der Waals surface area contributed by atoms with Crippen LogP contribution in [-0.2, 0) is 9.59 Å². The Morgan fingerprint density at radius 1 is 1.00 bits per heavy atom. The molecule has 0 atom stereocenters. The van der Waals surface area contributed by atoms with Crippen LogP contribution in [0.4, 0.5) is 10.5 Å². The van der Waals surface area contributed by atoms with Gasteiger partial charge < -0.3 is 0 Å². The van der Waals surface area contributed by atoms with Crippen LogP contribution >= 0.6 is 11.6 Å². The van der Waals surface area contributed by atoms with E-state index in [1.807, 2.05) is 19.1 Å². The van der Waals surface area contributed by atoms with Gasteiger partial charge in [-0.05, 0) is 43.2 Å². The molecule has 0 radical (unpaired) electrons. The zero-order valence-corrected chi connectivity index (χ0v) is 14.4. The summed E-state index contributed by atoms with van der Waals surface area (Å²) < 4.78 is 0. The van der Waals surface area contributed by atoms with Crippen LogP contribution in [0, 0.1) is 13.8 Å². The lowest BCUT2D eigenvalue weighted by atomic mass is 10.0. The van der Waals surface area contributed by atoms with Gasteiger partial charge in [0.2, 0.25) is 0 Å². The highest BCUT2D eigenvalue weighted by Crippen LogP contribution is 2.29. The van der Waals surface area contributed by atoms with Crippen molar-refractivity contribution in [2.24, 2.45) is 0 Å². The standard InChI is InChI=1S/C19H15ClN2O3/c1-11-6-8-13(9-7-11)10-14-17(23)21-19(25)22(18(14)24)16-5-3-4-15(20)12(16)2/h3-10H,1-2H3,(H,21,23,25)/b14-10+. The first-order valence-corrected chi connectivity index (χ1v) is 7.99. The van der Waals surface area contributed by atoms with Gasteiger partial charge in [-0.2, -0.15) is 0 Å². The number of carbonyl (C=O) groups excluding carboxylic acids is 3. The van der Waals surface area contributed by atoms with Crippen molar-refractivity contribution in [3.05, 3.63) is 69.8 Å². The Balaban J connectivity index is 2.05. The number of urea groups is 1. The van der Waals surface area contributed by atoms with Crippen LogP contribution < -0.4 is 10.2 Å². The minimum atomic E-state index is -0.790. The molecule has 1 N–H and O–H groups in total. The van der Waals surface area contributed by atoms with E-state index in [1.54, 1.807) is 37.3 Å². The first-order chi connectivity index (χ1) is 11.9. The monoisotopic (exact) mass is 354 g/mol. The van der Waals surface area contributed by atoms with E-state index in [0.717, 1.165) is 10.5 Å². The lowest BCUT2D eigenvalue weighted by Gasteiger charge is -2.27. The minimum Gasteiger partial charge on any atom is -0.273 e. The van der Waals surface area contributed by atoms with Gasteiger partial charge in [-0.3, -0.25) is 14.9 Å². The summed E-state index contributed by atoms with van der Waals surface area (Å²) in [6, 6.07) is 11.5. The zero-order chi connectivity index (χ0) is 18.1. The predicted octanol–water partition coefficient (Wildman–Crippen LogP) is 3.62. The number of barbiturate groups is 1. The van der Waals surface area contributed by atoms with Gasteiger partial charge in [0, 0.05) is 5.02 Å². The third-order valence-corrected chi connectivity index (χ3v) is 4.38. The fourth-order valence-electron chi connectivity index (χ4n) is 2.54. The predicted molar refractivity (Wildman–Crippen MR) is 96.4 cm³/mol. The van der Waals surface area contributed by atoms with Gasteiger partial charge in [0.1, 0.15) is 5.57 Å². The quantitative estimate of drug-likeness (QED) is 0.661. The first-order valence-electron chi connectivity index (χ1n) is 7.61. The van der Waals surface area contributed by atoms with Crippen molar-refractivity contribution in [1.29, 1.82) is 0 Å². The van der Waals surface area contributed by atoms with Crippen LogP contribution in [0.2, 0.25) is 5.02 Å². The number of amides is 4. The first kappa shape index (κ1) is 16.9. The molecule has 0 aromatic heterocycles. The molecule has 5 nitrogen and oxygen atoms in total. The largest absolute Gasteiger partial charge is 0.335 e. The molecule has 126 valence electrons. The molecule has 1 aliphatic heterocycles. The van der Waals surface area contributed by atoms with E-state index in [0.29, 0.717) is 21.8 Å². The van der Waals surface area contributed by atoms with Crippen LogP contribution in [0.15, 0.2) is 48.0 Å². The molecule has 0 bridgehead atoms. The second-order valence-electron chi connectivity index (χ2n) is 5.75. The fourth-order valence-corrected chi connectivity index (χ4v) is 2.71. The average molecular weight is 355 g/mol. The highest BCUT2D eigenvalue weighted by molar-refractivity contribution is 6.39. The third-order valence-electron chi connectivity index (χ3n) is 3.97. The van der Waals surface area contributed by atoms with Crippen molar-refractivity contribution in [3.8, 4) is 0 Å². The van der Waals surface area contributed by atoms with E-state index in [4.69, 9.17) is 11.6 Å². The van der Waals surface area contributed by atoms with Crippen LogP contribution in [0.25, 0.3) is 6.08 Å². The highest BCUT2D eigenvalue weighted by Gasteiger charge is 2.37. The molecule has 25 heavy (non-hydrogen) atoms. The van der Waals surface area contributed by atoms with Crippen molar-refractivity contribution < 1.29 is 14.4 Å². The van der Waals surface area contributed by atoms with E-state index in [1.165, 1.54) is 6.08 Å². The van der Waals surface area contributed by atoms with Gasteiger partial charge in [0.15, 0.2) is 0 Å². The number of benzene rings is 2. The maximum absolute atomic E-state index is 12.8. The molecule has 4 amide bonds. The Labute approximate surface area is 149 Å². The normalized spacial score (nSPS) is 16.4. The molecular weight excluding hydrogens is 340 g/mol. The minimum absolute atomic E-state index is 0.108. The van der Waals surface area contributed by atoms with Crippen molar-refractivity contribution >= 4 is 41.2 Å². The smallest absolute Gasteiger partial charge is 0.273 e. The van der Waals surface area contributed by atoms with Gasteiger partial charge in [-0.1, -0.05) is 47.5 Å². The van der Waals surface area contributed by atoms with Crippen LogP contribution in [0.1, 0.15) is 16.7 Å². The lowest BCUT2D eigenvalue weighted by Crippen LogP contribution is -2.54. The molecule has 0 aliphatic carbocycles. The van der Waals surface area contributed by atoms with Crippen molar-refractivity contribution in [2.75, 3.05) is 4.90 Å². The molecule has 0 spiro atoms. The number of nitrogens with one attached hydrogen (secondary N) is 1. The number of carbonyl (C=O) groups is 3. The molecule has 0 saturated carbocycles. The number of anilines is 1. The van der Waals surface area contributed by atoms with Crippen LogP contribution in [-0.4, -0.2) is 17.8 Å². The Morgan fingerprint density at radius 3 is 2.36 bits per heavy atom. The lowest BCUT2D eigenvalue weighted by molar-refractivity contribution is -0.122. The summed E-state index contributed by atoms with van der Waals surface area (Å²) in [6.45, 7) is 3.65. The number of imide groups is 2. The second kappa shape index (κ2) is 6.53. The van der Waals surface area contributed by atoms with Gasteiger partial charge in [-0.25, -0.2) is 9.69 Å². The third kappa shape index (κ3) is 3.19. The number of rotatable bonds is 2. The molecule has 2 aromatic carbocycles. The number of halogens is 1. The number of nitrogens with zero attached hydrogens (tertiary/aromatic N) is 1. The van der Waals surface area contributed by atoms with E-state index in [9.17, 15) is 14.4 Å². The molecule has 6 heteroatoms. The van der Waals surface area contributed by atoms with Gasteiger partial charge in [-0.15, -0.1) is 0 Å². The molecule has 0 unspecified atom stereocenters. The van der Waals surface area contributed by atoms with Crippen molar-refractivity contribution in [1.82, 2.24) is 5.32 Å². The SMILES string of the molecule is Cc1ccc(/C=C2\C(=O)NC(=O)N(c3cccc(Cl)c3C)C2=O)cc1. The van der Waals surface area contributed by atoms with E-state index >= 15 is 0 Å². The van der Waals surface area contributed by atoms with Gasteiger partial charge in [0.25, 0.3) is 11.8 Å². The molecule has 1 heterocycles. The Kier molecular flexibility index (Phi) is 4.42. The second-order valence-corrected chi connectivity index (χ2v) is 6.16. The summed E-state index contributed by atoms with van der Waals surface area (Å²) in [6.07, 6.45) is 1.47. The summed E-state index contributed by atoms with van der Waals surface area (Å²) in [5, 5.41) is 2.63. The van der Waals surface area contributed by atoms with Crippen LogP contribution in [0.5, 0.6) is 0 Å². The number of aryl methyl sites for hydroxylation is 1. The Morgan fingerprint density at radius 2 is 1.68 bits per heavy atom. The topological polar surface area (TPSA) is 66.5 Å². The molecule has 2 aromatic rings. The van der Waals surface area contributed by atoms with Gasteiger partial charge in [0.05, 0.1) is 5.69 Å². The number of hydrogen-bond acceptors (Lipinski definition) is 3. The highest BCUT2D eigenvalue weighted by atomic mass is 35.5. The van der Waals surface area contributed by atoms with Crippen molar-refractivity contribution in [2.45, 2.75) is 13.8 Å². The molecule has 1 saturated heterocycles. The van der Waals surface area contributed by atoms with Crippen LogP contribution in [0.3, 0.4) is 0 Å². The summed E-state index contributed by atoms with van der Waals surface area (Å²) in [5.41, 5.74) is 2.57. The summed E-state index contributed by atoms with van der Waals surface area (Å²) in [5.74, 6) is -1.40. The Hall–Kier alpha value is -2.92. The summed E-state index contributed by atoms with van der Waals surface area (Å²) in [7, 11) is 0. The molecular formula is C19H15ClN2O3. The average Bonchev–Trinajstić information content (AvgIpc) is 2.57. The molecule has 1 fully saturated rings. The summed E-state index contributed by atoms with van der Waals surface area (Å²) >= 11 is 6.09. The Bertz CT molecular complexity index is 917. The van der Waals surface area contributed by atoms with E-state index in [-0.39, 0.29) is 5.57 Å². The van der Waals surface area contributed by atoms with Gasteiger partial charge >= 0.3 is 6.03 Å². The van der Waals surface area contributed by atoms with Crippen molar-refractivity contribution in [3.63, 3.8) is 0 Å². The molecule has 1 aliphatic rings.